The van der Waals surface area contributed by atoms with Crippen molar-refractivity contribution in [2.45, 2.75) is 0 Å². The van der Waals surface area contributed by atoms with Crippen LogP contribution in [0.2, 0.25) is 0 Å². The Hall–Kier alpha value is -7.63. The Bertz CT molecular complexity index is 3470. The van der Waals surface area contributed by atoms with Crippen LogP contribution in [0, 0.1) is 0 Å². The lowest BCUT2D eigenvalue weighted by Gasteiger charge is -2.13. The Labute approximate surface area is 328 Å². The van der Waals surface area contributed by atoms with Crippen molar-refractivity contribution in [1.29, 1.82) is 0 Å². The molecule has 0 spiro atoms. The fourth-order valence-electron chi connectivity index (χ4n) is 7.73. The first kappa shape index (κ1) is 27.9. The van der Waals surface area contributed by atoms with Gasteiger partial charge in [0.2, 0.25) is 5.95 Å². The van der Waals surface area contributed by atoms with Crippen LogP contribution in [0.5, 0.6) is 0 Å². The van der Waals surface area contributed by atoms with Gasteiger partial charge in [0.1, 0.15) is 11.2 Å². The number of nitrogens with zero attached hydrogens (tertiary/aromatic N) is 4. The minimum absolute atomic E-state index is 0.133. The van der Waals surface area contributed by atoms with E-state index < -0.39 is 0 Å². The smallest absolute Gasteiger partial charge is 0.238 e. The van der Waals surface area contributed by atoms with Gasteiger partial charge >= 0.3 is 0 Å². The molecule has 0 bridgehead atoms. The molecule has 0 aliphatic heterocycles. The minimum atomic E-state index is -0.342. The van der Waals surface area contributed by atoms with Crippen molar-refractivity contribution in [2.75, 3.05) is 0 Å². The van der Waals surface area contributed by atoms with Crippen molar-refractivity contribution in [3.05, 3.63) is 194 Å². The topological polar surface area (TPSA) is 56.7 Å². The Balaban J connectivity index is 1.21. The Morgan fingerprint density at radius 2 is 0.982 bits per heavy atom. The minimum Gasteiger partial charge on any atom is -0.456 e. The van der Waals surface area contributed by atoms with E-state index in [1.807, 2.05) is 109 Å². The number of benzene rings is 8. The van der Waals surface area contributed by atoms with Crippen LogP contribution in [0.15, 0.2) is 198 Å². The second-order valence-corrected chi connectivity index (χ2v) is 13.7. The van der Waals surface area contributed by atoms with Gasteiger partial charge in [0.15, 0.2) is 11.6 Å². The highest BCUT2D eigenvalue weighted by Crippen LogP contribution is 2.39. The summed E-state index contributed by atoms with van der Waals surface area (Å²) in [7, 11) is 0. The van der Waals surface area contributed by atoms with Crippen molar-refractivity contribution >= 4 is 43.7 Å². The van der Waals surface area contributed by atoms with Crippen LogP contribution in [0.3, 0.4) is 0 Å². The van der Waals surface area contributed by atoms with E-state index in [1.165, 1.54) is 0 Å². The second-order valence-electron chi connectivity index (χ2n) is 13.7. The van der Waals surface area contributed by atoms with Crippen molar-refractivity contribution in [3.8, 4) is 62.1 Å². The van der Waals surface area contributed by atoms with Crippen LogP contribution in [0.25, 0.3) is 106 Å². The van der Waals surface area contributed by atoms with E-state index in [0.29, 0.717) is 39.1 Å². The number of hydrogen-bond acceptors (Lipinski definition) is 4. The summed E-state index contributed by atoms with van der Waals surface area (Å²) in [5, 5.41) is 3.02. The number of hydrogen-bond donors (Lipinski definition) is 0. The van der Waals surface area contributed by atoms with Gasteiger partial charge in [-0.2, -0.15) is 9.97 Å². The van der Waals surface area contributed by atoms with Gasteiger partial charge in [0, 0.05) is 38.2 Å². The monoisotopic (exact) mass is 720 g/mol. The number of furan rings is 1. The van der Waals surface area contributed by atoms with Gasteiger partial charge in [0.05, 0.1) is 16.5 Å². The van der Waals surface area contributed by atoms with Gasteiger partial charge in [-0.05, 0) is 58.1 Å². The summed E-state index contributed by atoms with van der Waals surface area (Å²) in [5.41, 5.74) is 9.78. The van der Waals surface area contributed by atoms with E-state index in [0.717, 1.165) is 55.3 Å². The molecule has 56 heavy (non-hydrogen) atoms. The highest BCUT2D eigenvalue weighted by atomic mass is 16.3. The second kappa shape index (κ2) is 13.0. The van der Waals surface area contributed by atoms with Crippen molar-refractivity contribution in [2.24, 2.45) is 0 Å². The molecule has 0 N–H and O–H groups in total. The first-order chi connectivity index (χ1) is 29.4. The van der Waals surface area contributed by atoms with Crippen LogP contribution in [0.4, 0.5) is 0 Å². The van der Waals surface area contributed by atoms with Gasteiger partial charge in [0.25, 0.3) is 0 Å². The maximum Gasteiger partial charge on any atom is 0.238 e. The Kier molecular flexibility index (Phi) is 6.50. The molecule has 5 heteroatoms. The summed E-state index contributed by atoms with van der Waals surface area (Å²) in [4.78, 5) is 15.5. The van der Waals surface area contributed by atoms with Gasteiger partial charge in [-0.1, -0.05) is 164 Å². The molecule has 0 radical (unpaired) electrons. The van der Waals surface area contributed by atoms with Crippen LogP contribution in [-0.2, 0) is 0 Å². The predicted octanol–water partition coefficient (Wildman–Crippen LogP) is 13.2. The number of aromatic nitrogens is 4. The molecule has 0 aliphatic carbocycles. The SMILES string of the molecule is [2H]c1c([2H])c([2H])c2c(c1[2H])c1cccc(-c3ccc(-c4ccccc4)cc3)c1n2-c1nc(-c2cccc(-c3ccccc3)c2)nc(-c2ccc3c(c2)oc2ccccc23)n1. The highest BCUT2D eigenvalue weighted by Gasteiger charge is 2.21. The summed E-state index contributed by atoms with van der Waals surface area (Å²) in [6, 6.07) is 55.4. The Morgan fingerprint density at radius 1 is 0.411 bits per heavy atom. The molecule has 5 nitrogen and oxygen atoms in total. The number of fused-ring (bicyclic) bond motifs is 6. The maximum atomic E-state index is 9.35. The first-order valence-electron chi connectivity index (χ1n) is 20.4. The summed E-state index contributed by atoms with van der Waals surface area (Å²) in [5.74, 6) is 0.990. The summed E-state index contributed by atoms with van der Waals surface area (Å²) >= 11 is 0. The first-order valence-corrected chi connectivity index (χ1v) is 18.4. The van der Waals surface area contributed by atoms with Crippen LogP contribution >= 0.6 is 0 Å². The van der Waals surface area contributed by atoms with E-state index in [2.05, 4.69) is 60.7 Å². The molecule has 3 heterocycles. The highest BCUT2D eigenvalue weighted by molar-refractivity contribution is 6.13. The summed E-state index contributed by atoms with van der Waals surface area (Å²) in [6.45, 7) is 0. The van der Waals surface area contributed by atoms with Crippen molar-refractivity contribution < 1.29 is 9.90 Å². The Morgan fingerprint density at radius 3 is 1.79 bits per heavy atom. The molecule has 0 unspecified atom stereocenters. The molecular formula is C51H32N4O. The zero-order valence-corrected chi connectivity index (χ0v) is 29.9. The lowest BCUT2D eigenvalue weighted by atomic mass is 9.98. The predicted molar refractivity (Wildman–Crippen MR) is 229 cm³/mol. The standard InChI is InChI=1S/C51H32N4O/c1-3-13-33(14-4-1)35-25-27-36(28-26-35)40-21-12-22-44-41-19-7-9-23-45(41)55(48(40)44)51-53-49(38-18-11-17-37(31-38)34-15-5-2-6-16-34)52-50(54-51)39-29-30-43-42-20-8-10-24-46(42)56-47(43)32-39/h1-32H/i7D,9D,19D,23D. The fourth-order valence-corrected chi connectivity index (χ4v) is 7.73. The zero-order chi connectivity index (χ0) is 40.5. The third-order valence-corrected chi connectivity index (χ3v) is 10.4. The molecule has 11 rings (SSSR count). The summed E-state index contributed by atoms with van der Waals surface area (Å²) in [6.07, 6.45) is 0. The van der Waals surface area contributed by atoms with E-state index in [-0.39, 0.29) is 35.6 Å². The largest absolute Gasteiger partial charge is 0.456 e. The van der Waals surface area contributed by atoms with E-state index >= 15 is 0 Å². The van der Waals surface area contributed by atoms with Gasteiger partial charge in [-0.15, -0.1) is 0 Å². The lowest BCUT2D eigenvalue weighted by Crippen LogP contribution is -2.07. The van der Waals surface area contributed by atoms with Crippen molar-refractivity contribution in [3.63, 3.8) is 0 Å². The van der Waals surface area contributed by atoms with Crippen molar-refractivity contribution in [1.82, 2.24) is 19.5 Å². The van der Waals surface area contributed by atoms with Gasteiger partial charge in [-0.3, -0.25) is 4.57 Å². The van der Waals surface area contributed by atoms with E-state index in [1.54, 1.807) is 4.57 Å². The van der Waals surface area contributed by atoms with Gasteiger partial charge < -0.3 is 4.42 Å². The molecule has 0 aliphatic rings. The fraction of sp³-hybridized carbons (Fsp3) is 0. The normalized spacial score (nSPS) is 12.6. The van der Waals surface area contributed by atoms with Crippen LogP contribution in [-0.4, -0.2) is 19.5 Å². The lowest BCUT2D eigenvalue weighted by molar-refractivity contribution is 0.669. The third kappa shape index (κ3) is 5.37. The maximum absolute atomic E-state index is 9.35. The molecule has 0 fully saturated rings. The molecule has 3 aromatic heterocycles. The quantitative estimate of drug-likeness (QED) is 0.172. The number of rotatable bonds is 6. The van der Waals surface area contributed by atoms with Crippen LogP contribution < -0.4 is 0 Å². The number of para-hydroxylation sites is 3. The molecular weight excluding hydrogens is 685 g/mol. The average molecular weight is 721 g/mol. The molecule has 0 saturated carbocycles. The molecule has 262 valence electrons. The molecule has 0 atom stereocenters. The third-order valence-electron chi connectivity index (χ3n) is 10.4. The molecule has 0 saturated heterocycles. The molecule has 0 amide bonds. The molecule has 11 aromatic rings. The van der Waals surface area contributed by atoms with Gasteiger partial charge in [-0.25, -0.2) is 4.98 Å². The summed E-state index contributed by atoms with van der Waals surface area (Å²) < 4.78 is 44.2. The van der Waals surface area contributed by atoms with Crippen LogP contribution in [0.1, 0.15) is 5.48 Å². The zero-order valence-electron chi connectivity index (χ0n) is 33.9. The average Bonchev–Trinajstić information content (AvgIpc) is 3.87. The van der Waals surface area contributed by atoms with E-state index in [9.17, 15) is 2.74 Å². The molecule has 8 aromatic carbocycles. The van der Waals surface area contributed by atoms with E-state index in [4.69, 9.17) is 22.1 Å².